The van der Waals surface area contributed by atoms with Crippen molar-refractivity contribution >= 4 is 34.5 Å². The monoisotopic (exact) mass is 484 g/mol. The molecule has 186 valence electrons. The second-order valence-electron chi connectivity index (χ2n) is 9.33. The number of esters is 1. The van der Waals surface area contributed by atoms with Gasteiger partial charge in [-0.05, 0) is 63.6 Å². The van der Waals surface area contributed by atoms with Crippen molar-refractivity contribution in [3.63, 3.8) is 0 Å². The van der Waals surface area contributed by atoms with Crippen LogP contribution >= 0.6 is 0 Å². The smallest absolute Gasteiger partial charge is 0.338 e. The molecule has 1 heterocycles. The summed E-state index contributed by atoms with van der Waals surface area (Å²) in [6.45, 7) is 1.79. The van der Waals surface area contributed by atoms with E-state index in [4.69, 9.17) is 4.74 Å². The lowest BCUT2D eigenvalue weighted by atomic mass is 9.99. The molecule has 0 bridgehead atoms. The number of fused-ring (bicyclic) bond motifs is 1. The lowest BCUT2D eigenvalue weighted by Crippen LogP contribution is -2.20. The van der Waals surface area contributed by atoms with E-state index in [1.807, 2.05) is 75.6 Å². The highest BCUT2D eigenvalue weighted by molar-refractivity contribution is 6.37. The van der Waals surface area contributed by atoms with Crippen molar-refractivity contribution in [2.75, 3.05) is 52.0 Å². The van der Waals surface area contributed by atoms with Gasteiger partial charge in [0.15, 0.2) is 0 Å². The van der Waals surface area contributed by atoms with Crippen LogP contribution in [0.1, 0.15) is 27.0 Å². The molecule has 0 fully saturated rings. The zero-order valence-corrected chi connectivity index (χ0v) is 21.2. The fraction of sp³-hybridized carbons (Fsp3) is 0.241. The molecule has 7 nitrogen and oxygen atoms in total. The number of rotatable bonds is 9. The Labute approximate surface area is 212 Å². The number of hydrogen-bond donors (Lipinski definition) is 2. The van der Waals surface area contributed by atoms with Crippen molar-refractivity contribution in [3.05, 3.63) is 95.1 Å². The van der Waals surface area contributed by atoms with Gasteiger partial charge in [0.1, 0.15) is 6.61 Å². The standard InChI is InChI=1S/C29H32N4O3/c1-32(2)16-17-36-29(35)22-12-15-24-25(18-22)31-28(34)26(24)27(21-8-6-5-7-9-21)30-23-13-10-20(11-14-23)19-33(3)4/h5-15,18,30H,16-17,19H2,1-4H3,(H,31,34)/b27-26-. The molecule has 0 saturated carbocycles. The van der Waals surface area contributed by atoms with Crippen LogP contribution < -0.4 is 10.6 Å². The van der Waals surface area contributed by atoms with Crippen molar-refractivity contribution in [2.24, 2.45) is 0 Å². The Morgan fingerprint density at radius 1 is 0.889 bits per heavy atom. The summed E-state index contributed by atoms with van der Waals surface area (Å²) in [6.07, 6.45) is 0. The van der Waals surface area contributed by atoms with E-state index in [0.29, 0.717) is 35.7 Å². The van der Waals surface area contributed by atoms with Crippen molar-refractivity contribution in [1.29, 1.82) is 0 Å². The fourth-order valence-corrected chi connectivity index (χ4v) is 4.04. The lowest BCUT2D eigenvalue weighted by Gasteiger charge is -2.16. The molecule has 3 aromatic carbocycles. The summed E-state index contributed by atoms with van der Waals surface area (Å²) in [5, 5.41) is 6.40. The van der Waals surface area contributed by atoms with Gasteiger partial charge in [0.05, 0.1) is 22.5 Å². The Kier molecular flexibility index (Phi) is 7.83. The summed E-state index contributed by atoms with van der Waals surface area (Å²) in [7, 11) is 7.91. The molecule has 36 heavy (non-hydrogen) atoms. The maximum absolute atomic E-state index is 13.2. The Morgan fingerprint density at radius 3 is 2.28 bits per heavy atom. The van der Waals surface area contributed by atoms with Crippen molar-refractivity contribution in [1.82, 2.24) is 9.80 Å². The largest absolute Gasteiger partial charge is 0.461 e. The second kappa shape index (κ2) is 11.2. The molecule has 1 aliphatic rings. The quantitative estimate of drug-likeness (QED) is 0.347. The molecule has 2 N–H and O–H groups in total. The molecule has 0 atom stereocenters. The van der Waals surface area contributed by atoms with E-state index in [0.717, 1.165) is 23.4 Å². The highest BCUT2D eigenvalue weighted by atomic mass is 16.5. The fourth-order valence-electron chi connectivity index (χ4n) is 4.04. The zero-order valence-electron chi connectivity index (χ0n) is 21.2. The van der Waals surface area contributed by atoms with Crippen molar-refractivity contribution < 1.29 is 14.3 Å². The van der Waals surface area contributed by atoms with Gasteiger partial charge in [-0.3, -0.25) is 4.79 Å². The lowest BCUT2D eigenvalue weighted by molar-refractivity contribution is -0.110. The maximum atomic E-state index is 13.2. The SMILES string of the molecule is CN(C)CCOC(=O)c1ccc2c(c1)NC(=O)/C2=C(\Nc1ccc(CN(C)C)cc1)c1ccccc1. The molecule has 3 aromatic rings. The van der Waals surface area contributed by atoms with Gasteiger partial charge >= 0.3 is 5.97 Å². The van der Waals surface area contributed by atoms with Crippen LogP contribution in [0.4, 0.5) is 11.4 Å². The van der Waals surface area contributed by atoms with E-state index in [1.54, 1.807) is 18.2 Å². The number of carbonyl (C=O) groups is 2. The molecule has 1 aliphatic heterocycles. The average molecular weight is 485 g/mol. The second-order valence-corrected chi connectivity index (χ2v) is 9.33. The van der Waals surface area contributed by atoms with Gasteiger partial charge < -0.3 is 25.2 Å². The van der Waals surface area contributed by atoms with Crippen LogP contribution in [0.3, 0.4) is 0 Å². The molecule has 0 radical (unpaired) electrons. The van der Waals surface area contributed by atoms with Crippen LogP contribution in [-0.2, 0) is 16.1 Å². The number of nitrogens with zero attached hydrogens (tertiary/aromatic N) is 2. The summed E-state index contributed by atoms with van der Waals surface area (Å²) in [6, 6.07) is 23.1. The third-order valence-corrected chi connectivity index (χ3v) is 5.81. The molecular weight excluding hydrogens is 452 g/mol. The number of hydrogen-bond acceptors (Lipinski definition) is 6. The normalized spacial score (nSPS) is 14.0. The van der Waals surface area contributed by atoms with Crippen LogP contribution in [0.15, 0.2) is 72.8 Å². The third-order valence-electron chi connectivity index (χ3n) is 5.81. The number of amides is 1. The highest BCUT2D eigenvalue weighted by Gasteiger charge is 2.29. The number of ether oxygens (including phenoxy) is 1. The Morgan fingerprint density at radius 2 is 1.61 bits per heavy atom. The van der Waals surface area contributed by atoms with Crippen LogP contribution in [0.25, 0.3) is 11.3 Å². The summed E-state index contributed by atoms with van der Waals surface area (Å²) < 4.78 is 5.36. The summed E-state index contributed by atoms with van der Waals surface area (Å²) in [4.78, 5) is 29.8. The van der Waals surface area contributed by atoms with Gasteiger partial charge in [-0.15, -0.1) is 0 Å². The van der Waals surface area contributed by atoms with Crippen molar-refractivity contribution in [3.8, 4) is 0 Å². The molecule has 0 saturated heterocycles. The zero-order chi connectivity index (χ0) is 25.7. The maximum Gasteiger partial charge on any atom is 0.338 e. The van der Waals surface area contributed by atoms with Gasteiger partial charge in [0.2, 0.25) is 0 Å². The topological polar surface area (TPSA) is 73.9 Å². The van der Waals surface area contributed by atoms with Crippen LogP contribution in [0.2, 0.25) is 0 Å². The predicted molar refractivity (Wildman–Crippen MR) is 145 cm³/mol. The summed E-state index contributed by atoms with van der Waals surface area (Å²) in [5.74, 6) is -0.635. The highest BCUT2D eigenvalue weighted by Crippen LogP contribution is 2.38. The molecule has 7 heteroatoms. The van der Waals surface area contributed by atoms with E-state index in [9.17, 15) is 9.59 Å². The number of nitrogens with one attached hydrogen (secondary N) is 2. The minimum Gasteiger partial charge on any atom is -0.461 e. The molecule has 0 unspecified atom stereocenters. The van der Waals surface area contributed by atoms with Gasteiger partial charge in [0, 0.05) is 24.3 Å². The number of benzene rings is 3. The first-order chi connectivity index (χ1) is 17.3. The minimum absolute atomic E-state index is 0.223. The van der Waals surface area contributed by atoms with Crippen LogP contribution in [0, 0.1) is 0 Å². The number of carbonyl (C=O) groups excluding carboxylic acids is 2. The van der Waals surface area contributed by atoms with E-state index < -0.39 is 5.97 Å². The van der Waals surface area contributed by atoms with E-state index in [-0.39, 0.29) is 5.91 Å². The minimum atomic E-state index is -0.412. The molecule has 0 aromatic heterocycles. The van der Waals surface area contributed by atoms with Gasteiger partial charge in [-0.25, -0.2) is 4.79 Å². The molecule has 1 amide bonds. The Balaban J connectivity index is 1.67. The molecular formula is C29H32N4O3. The van der Waals surface area contributed by atoms with Crippen LogP contribution in [-0.4, -0.2) is 63.0 Å². The first-order valence-corrected chi connectivity index (χ1v) is 11.9. The third kappa shape index (κ3) is 6.00. The number of anilines is 2. The van der Waals surface area contributed by atoms with E-state index in [1.165, 1.54) is 5.56 Å². The first kappa shape index (κ1) is 25.2. The first-order valence-electron chi connectivity index (χ1n) is 11.9. The van der Waals surface area contributed by atoms with Gasteiger partial charge in [0.25, 0.3) is 5.91 Å². The van der Waals surface area contributed by atoms with E-state index >= 15 is 0 Å². The summed E-state index contributed by atoms with van der Waals surface area (Å²) in [5.41, 5.74) is 5.93. The Hall–Kier alpha value is -3.94. The average Bonchev–Trinajstić information content (AvgIpc) is 3.18. The van der Waals surface area contributed by atoms with E-state index in [2.05, 4.69) is 27.7 Å². The Bertz CT molecular complexity index is 1270. The van der Waals surface area contributed by atoms with Crippen LogP contribution in [0.5, 0.6) is 0 Å². The molecule has 4 rings (SSSR count). The van der Waals surface area contributed by atoms with Gasteiger partial charge in [-0.1, -0.05) is 48.5 Å². The van der Waals surface area contributed by atoms with Crippen molar-refractivity contribution in [2.45, 2.75) is 6.54 Å². The summed E-state index contributed by atoms with van der Waals surface area (Å²) >= 11 is 0. The molecule has 0 spiro atoms. The number of likely N-dealkylation sites (N-methyl/N-ethyl adjacent to an activating group) is 1. The van der Waals surface area contributed by atoms with Gasteiger partial charge in [-0.2, -0.15) is 0 Å². The predicted octanol–water partition coefficient (Wildman–Crippen LogP) is 4.40. The molecule has 0 aliphatic carbocycles.